The quantitative estimate of drug-likeness (QED) is 0.732. The summed E-state index contributed by atoms with van der Waals surface area (Å²) in [5.74, 6) is 0.914. The number of nitrogens with one attached hydrogen (secondary N) is 1. The number of nitrogens with zero attached hydrogens (tertiary/aromatic N) is 1. The number of rotatable bonds is 7. The highest BCUT2D eigenvalue weighted by molar-refractivity contribution is 5.48. The maximum Gasteiger partial charge on any atom is 0.119 e. The average Bonchev–Trinajstić information content (AvgIpc) is 3.18. The van der Waals surface area contributed by atoms with Crippen LogP contribution in [-0.2, 0) is 0 Å². The second-order valence-corrected chi connectivity index (χ2v) is 4.70. The van der Waals surface area contributed by atoms with Gasteiger partial charge in [-0.15, -0.1) is 0 Å². The lowest BCUT2D eigenvalue weighted by Gasteiger charge is -2.19. The Morgan fingerprint density at radius 1 is 1.29 bits per heavy atom. The fourth-order valence-corrected chi connectivity index (χ4v) is 1.88. The van der Waals surface area contributed by atoms with Gasteiger partial charge in [0.05, 0.1) is 7.11 Å². The van der Waals surface area contributed by atoms with Crippen LogP contribution in [0.15, 0.2) is 24.3 Å². The molecule has 94 valence electrons. The topological polar surface area (TPSA) is 24.5 Å². The molecule has 1 aliphatic rings. The Bertz CT molecular complexity index is 333. The minimum Gasteiger partial charge on any atom is -0.497 e. The van der Waals surface area contributed by atoms with Crippen molar-refractivity contribution in [1.29, 1.82) is 0 Å². The fraction of sp³-hybridized carbons (Fsp3) is 0.571. The summed E-state index contributed by atoms with van der Waals surface area (Å²) < 4.78 is 5.15. The van der Waals surface area contributed by atoms with E-state index in [2.05, 4.69) is 29.4 Å². The summed E-state index contributed by atoms with van der Waals surface area (Å²) >= 11 is 0. The lowest BCUT2D eigenvalue weighted by molar-refractivity contribution is 0.415. The van der Waals surface area contributed by atoms with E-state index in [1.54, 1.807) is 7.11 Å². The summed E-state index contributed by atoms with van der Waals surface area (Å²) in [5, 5.41) is 3.53. The lowest BCUT2D eigenvalue weighted by atomic mass is 10.2. The Balaban J connectivity index is 1.71. The molecule has 0 amide bonds. The zero-order valence-corrected chi connectivity index (χ0v) is 10.8. The van der Waals surface area contributed by atoms with Gasteiger partial charge < -0.3 is 15.0 Å². The van der Waals surface area contributed by atoms with Crippen molar-refractivity contribution in [2.24, 2.45) is 0 Å². The molecule has 0 heterocycles. The van der Waals surface area contributed by atoms with Gasteiger partial charge in [-0.2, -0.15) is 0 Å². The molecule has 0 saturated heterocycles. The second kappa shape index (κ2) is 5.92. The molecule has 0 spiro atoms. The molecule has 1 aromatic carbocycles. The molecule has 1 aliphatic carbocycles. The summed E-state index contributed by atoms with van der Waals surface area (Å²) in [5.41, 5.74) is 1.25. The maximum absolute atomic E-state index is 5.15. The van der Waals surface area contributed by atoms with Gasteiger partial charge in [-0.05, 0) is 50.1 Å². The molecule has 0 unspecified atom stereocenters. The van der Waals surface area contributed by atoms with Crippen molar-refractivity contribution in [3.8, 4) is 5.75 Å². The molecule has 3 heteroatoms. The van der Waals surface area contributed by atoms with Crippen LogP contribution in [0.2, 0.25) is 0 Å². The summed E-state index contributed by atoms with van der Waals surface area (Å²) in [6.07, 6.45) is 3.93. The fourth-order valence-electron chi connectivity index (χ4n) is 1.88. The number of benzene rings is 1. The largest absolute Gasteiger partial charge is 0.497 e. The first-order valence-corrected chi connectivity index (χ1v) is 6.38. The van der Waals surface area contributed by atoms with Crippen molar-refractivity contribution < 1.29 is 4.74 Å². The second-order valence-electron chi connectivity index (χ2n) is 4.70. The Morgan fingerprint density at radius 3 is 2.59 bits per heavy atom. The zero-order chi connectivity index (χ0) is 12.1. The van der Waals surface area contributed by atoms with Crippen LogP contribution in [0.5, 0.6) is 5.75 Å². The van der Waals surface area contributed by atoms with E-state index in [4.69, 9.17) is 4.74 Å². The number of hydrogen-bond acceptors (Lipinski definition) is 3. The van der Waals surface area contributed by atoms with Crippen molar-refractivity contribution in [1.82, 2.24) is 5.32 Å². The molecule has 2 rings (SSSR count). The normalized spacial score (nSPS) is 14.7. The van der Waals surface area contributed by atoms with E-state index in [0.717, 1.165) is 24.9 Å². The first kappa shape index (κ1) is 12.2. The highest BCUT2D eigenvalue weighted by atomic mass is 16.5. The SMILES string of the molecule is COc1ccc(N(C)CCCNC2CC2)cc1. The molecule has 1 fully saturated rings. The van der Waals surface area contributed by atoms with E-state index in [0.29, 0.717) is 0 Å². The number of methoxy groups -OCH3 is 1. The van der Waals surface area contributed by atoms with Crippen LogP contribution >= 0.6 is 0 Å². The first-order valence-electron chi connectivity index (χ1n) is 6.38. The first-order chi connectivity index (χ1) is 8.29. The number of anilines is 1. The third-order valence-electron chi connectivity index (χ3n) is 3.19. The Hall–Kier alpha value is -1.22. The van der Waals surface area contributed by atoms with E-state index in [1.807, 2.05) is 12.1 Å². The monoisotopic (exact) mass is 234 g/mol. The minimum absolute atomic E-state index is 0.821. The van der Waals surface area contributed by atoms with Crippen LogP contribution in [0.25, 0.3) is 0 Å². The smallest absolute Gasteiger partial charge is 0.119 e. The Morgan fingerprint density at radius 2 is 2.00 bits per heavy atom. The van der Waals surface area contributed by atoms with E-state index in [-0.39, 0.29) is 0 Å². The van der Waals surface area contributed by atoms with Gasteiger partial charge in [-0.25, -0.2) is 0 Å². The molecule has 1 aromatic rings. The highest BCUT2D eigenvalue weighted by Gasteiger charge is 2.19. The molecule has 0 aliphatic heterocycles. The summed E-state index contributed by atoms with van der Waals surface area (Å²) in [6, 6.07) is 9.05. The van der Waals surface area contributed by atoms with Gasteiger partial charge in [0, 0.05) is 25.3 Å². The third-order valence-corrected chi connectivity index (χ3v) is 3.19. The summed E-state index contributed by atoms with van der Waals surface area (Å²) in [6.45, 7) is 2.22. The Kier molecular flexibility index (Phi) is 4.26. The molecule has 0 radical (unpaired) electrons. The summed E-state index contributed by atoms with van der Waals surface area (Å²) in [4.78, 5) is 2.29. The number of ether oxygens (including phenoxy) is 1. The summed E-state index contributed by atoms with van der Waals surface area (Å²) in [7, 11) is 3.83. The van der Waals surface area contributed by atoms with Crippen LogP contribution in [-0.4, -0.2) is 33.3 Å². The van der Waals surface area contributed by atoms with Crippen LogP contribution in [0.4, 0.5) is 5.69 Å². The van der Waals surface area contributed by atoms with Crippen molar-refractivity contribution in [3.63, 3.8) is 0 Å². The molecule has 17 heavy (non-hydrogen) atoms. The van der Waals surface area contributed by atoms with Crippen LogP contribution in [0, 0.1) is 0 Å². The van der Waals surface area contributed by atoms with Crippen molar-refractivity contribution >= 4 is 5.69 Å². The van der Waals surface area contributed by atoms with E-state index >= 15 is 0 Å². The Labute approximate surface area is 104 Å². The lowest BCUT2D eigenvalue weighted by Crippen LogP contribution is -2.24. The van der Waals surface area contributed by atoms with Gasteiger partial charge >= 0.3 is 0 Å². The van der Waals surface area contributed by atoms with Gasteiger partial charge in [0.15, 0.2) is 0 Å². The minimum atomic E-state index is 0.821. The predicted molar refractivity (Wildman–Crippen MR) is 71.9 cm³/mol. The third kappa shape index (κ3) is 3.93. The van der Waals surface area contributed by atoms with Gasteiger partial charge in [0.2, 0.25) is 0 Å². The van der Waals surface area contributed by atoms with Crippen LogP contribution in [0.1, 0.15) is 19.3 Å². The zero-order valence-electron chi connectivity index (χ0n) is 10.8. The van der Waals surface area contributed by atoms with Gasteiger partial charge in [-0.3, -0.25) is 0 Å². The van der Waals surface area contributed by atoms with Crippen molar-refractivity contribution in [2.75, 3.05) is 32.1 Å². The van der Waals surface area contributed by atoms with Gasteiger partial charge in [0.25, 0.3) is 0 Å². The van der Waals surface area contributed by atoms with E-state index in [1.165, 1.54) is 24.9 Å². The molecule has 0 atom stereocenters. The number of hydrogen-bond donors (Lipinski definition) is 1. The van der Waals surface area contributed by atoms with Crippen molar-refractivity contribution in [3.05, 3.63) is 24.3 Å². The molecular formula is C14H22N2O. The van der Waals surface area contributed by atoms with Crippen LogP contribution < -0.4 is 15.0 Å². The molecule has 0 bridgehead atoms. The highest BCUT2D eigenvalue weighted by Crippen LogP contribution is 2.19. The van der Waals surface area contributed by atoms with Crippen LogP contribution in [0.3, 0.4) is 0 Å². The van der Waals surface area contributed by atoms with E-state index in [9.17, 15) is 0 Å². The molecule has 3 nitrogen and oxygen atoms in total. The maximum atomic E-state index is 5.15. The molecule has 0 aromatic heterocycles. The van der Waals surface area contributed by atoms with Crippen molar-refractivity contribution in [2.45, 2.75) is 25.3 Å². The molecule has 1 saturated carbocycles. The van der Waals surface area contributed by atoms with E-state index < -0.39 is 0 Å². The standard InChI is InChI=1S/C14H22N2O/c1-16(11-3-10-15-12-4-5-12)13-6-8-14(17-2)9-7-13/h6-9,12,15H,3-5,10-11H2,1-2H3. The molecular weight excluding hydrogens is 212 g/mol. The van der Waals surface area contributed by atoms with Gasteiger partial charge in [0.1, 0.15) is 5.75 Å². The predicted octanol–water partition coefficient (Wildman–Crippen LogP) is 2.27. The average molecular weight is 234 g/mol. The van der Waals surface area contributed by atoms with Gasteiger partial charge in [-0.1, -0.05) is 0 Å². The molecule has 1 N–H and O–H groups in total.